The topological polar surface area (TPSA) is 33.6 Å². The van der Waals surface area contributed by atoms with Crippen molar-refractivity contribution in [1.82, 2.24) is 14.5 Å². The number of halogens is 2. The lowest BCUT2D eigenvalue weighted by Crippen LogP contribution is -2.08. The Labute approximate surface area is 128 Å². The lowest BCUT2D eigenvalue weighted by atomic mass is 10.2. The van der Waals surface area contributed by atoms with E-state index < -0.39 is 0 Å². The van der Waals surface area contributed by atoms with Gasteiger partial charge >= 0.3 is 0 Å². The van der Waals surface area contributed by atoms with Crippen LogP contribution in [0.4, 0.5) is 4.39 Å². The van der Waals surface area contributed by atoms with Gasteiger partial charge in [-0.3, -0.25) is 4.98 Å². The van der Waals surface area contributed by atoms with Crippen molar-refractivity contribution in [2.45, 2.75) is 13.0 Å². The Kier molecular flexibility index (Phi) is 3.43. The normalized spacial score (nSPS) is 12.8. The maximum absolute atomic E-state index is 13.6. The average molecular weight is 352 g/mol. The van der Waals surface area contributed by atoms with E-state index in [0.717, 1.165) is 11.2 Å². The third-order valence-corrected chi connectivity index (χ3v) is 4.17. The first kappa shape index (κ1) is 13.5. The number of fused-ring (bicyclic) bond motifs is 1. The van der Waals surface area contributed by atoms with Crippen molar-refractivity contribution in [3.05, 3.63) is 57.3 Å². The Balaban J connectivity index is 2.24. The number of nitrogens with one attached hydrogen (secondary N) is 1. The molecule has 1 aromatic carbocycles. The molecule has 20 heavy (non-hydrogen) atoms. The summed E-state index contributed by atoms with van der Waals surface area (Å²) < 4.78 is 16.5. The maximum atomic E-state index is 13.6. The zero-order valence-corrected chi connectivity index (χ0v) is 13.0. The second-order valence-electron chi connectivity index (χ2n) is 4.51. The standard InChI is InChI=1S/C14H11BrFN3S/c1-8(11-4-2-3-5-17-11)19-13-6-9(15)10(16)7-12(13)18-14(19)20/h2-8H,1H3,(H,18,20). The highest BCUT2D eigenvalue weighted by atomic mass is 79.9. The Morgan fingerprint density at radius 3 is 2.90 bits per heavy atom. The molecule has 3 aromatic rings. The van der Waals surface area contributed by atoms with Gasteiger partial charge in [0.2, 0.25) is 0 Å². The summed E-state index contributed by atoms with van der Waals surface area (Å²) in [5.41, 5.74) is 2.44. The van der Waals surface area contributed by atoms with E-state index in [0.29, 0.717) is 14.8 Å². The molecule has 2 aromatic heterocycles. The Bertz CT molecular complexity index is 826. The molecule has 6 heteroatoms. The number of rotatable bonds is 2. The summed E-state index contributed by atoms with van der Waals surface area (Å²) in [6, 6.07) is 8.90. The number of aromatic nitrogens is 3. The Hall–Kier alpha value is -1.53. The van der Waals surface area contributed by atoms with Crippen LogP contribution in [-0.4, -0.2) is 14.5 Å². The van der Waals surface area contributed by atoms with E-state index in [9.17, 15) is 4.39 Å². The molecular weight excluding hydrogens is 341 g/mol. The van der Waals surface area contributed by atoms with Crippen molar-refractivity contribution in [1.29, 1.82) is 0 Å². The molecule has 2 heterocycles. The number of aromatic amines is 1. The van der Waals surface area contributed by atoms with Crippen molar-refractivity contribution >= 4 is 39.2 Å². The van der Waals surface area contributed by atoms with Crippen molar-refractivity contribution in [3.8, 4) is 0 Å². The summed E-state index contributed by atoms with van der Waals surface area (Å²) >= 11 is 8.57. The highest BCUT2D eigenvalue weighted by Gasteiger charge is 2.15. The smallest absolute Gasteiger partial charge is 0.178 e. The first-order valence-electron chi connectivity index (χ1n) is 6.08. The van der Waals surface area contributed by atoms with E-state index >= 15 is 0 Å². The Morgan fingerprint density at radius 1 is 1.40 bits per heavy atom. The van der Waals surface area contributed by atoms with Gasteiger partial charge < -0.3 is 9.55 Å². The largest absolute Gasteiger partial charge is 0.330 e. The van der Waals surface area contributed by atoms with Crippen LogP contribution in [0.3, 0.4) is 0 Å². The predicted octanol–water partition coefficient (Wildman–Crippen LogP) is 4.60. The minimum absolute atomic E-state index is 0.0326. The second-order valence-corrected chi connectivity index (χ2v) is 5.76. The SMILES string of the molecule is CC(c1ccccn1)n1c(=S)[nH]c2cc(F)c(Br)cc21. The van der Waals surface area contributed by atoms with E-state index in [1.165, 1.54) is 6.07 Å². The number of hydrogen-bond acceptors (Lipinski definition) is 2. The lowest BCUT2D eigenvalue weighted by molar-refractivity contribution is 0.619. The van der Waals surface area contributed by atoms with E-state index in [1.54, 1.807) is 12.3 Å². The number of nitrogens with zero attached hydrogens (tertiary/aromatic N) is 2. The minimum atomic E-state index is -0.314. The third kappa shape index (κ3) is 2.19. The zero-order valence-electron chi connectivity index (χ0n) is 10.6. The molecule has 3 nitrogen and oxygen atoms in total. The van der Waals surface area contributed by atoms with Gasteiger partial charge in [-0.15, -0.1) is 0 Å². The molecule has 0 radical (unpaired) electrons. The summed E-state index contributed by atoms with van der Waals surface area (Å²) in [5, 5.41) is 0. The van der Waals surface area contributed by atoms with Gasteiger partial charge in [-0.05, 0) is 53.3 Å². The fourth-order valence-electron chi connectivity index (χ4n) is 2.26. The molecule has 0 aliphatic heterocycles. The van der Waals surface area contributed by atoms with Crippen LogP contribution in [0, 0.1) is 10.6 Å². The number of hydrogen-bond donors (Lipinski definition) is 1. The summed E-state index contributed by atoms with van der Waals surface area (Å²) in [4.78, 5) is 7.39. The minimum Gasteiger partial charge on any atom is -0.330 e. The molecule has 102 valence electrons. The van der Waals surface area contributed by atoms with Crippen LogP contribution < -0.4 is 0 Å². The van der Waals surface area contributed by atoms with E-state index in [2.05, 4.69) is 25.9 Å². The number of H-pyrrole nitrogens is 1. The van der Waals surface area contributed by atoms with Crippen molar-refractivity contribution in [2.75, 3.05) is 0 Å². The zero-order chi connectivity index (χ0) is 14.3. The van der Waals surface area contributed by atoms with Crippen molar-refractivity contribution < 1.29 is 4.39 Å². The molecule has 0 spiro atoms. The van der Waals surface area contributed by atoms with E-state index in [1.807, 2.05) is 29.7 Å². The molecule has 1 atom stereocenters. The van der Waals surface area contributed by atoms with Gasteiger partial charge in [-0.2, -0.15) is 0 Å². The maximum Gasteiger partial charge on any atom is 0.178 e. The van der Waals surface area contributed by atoms with E-state index in [-0.39, 0.29) is 11.9 Å². The number of pyridine rings is 1. The second kappa shape index (κ2) is 5.10. The number of benzene rings is 1. The first-order chi connectivity index (χ1) is 9.58. The molecule has 1 N–H and O–H groups in total. The van der Waals surface area contributed by atoms with Gasteiger partial charge in [0, 0.05) is 12.3 Å². The van der Waals surface area contributed by atoms with Crippen LogP contribution in [0.5, 0.6) is 0 Å². The van der Waals surface area contributed by atoms with Gasteiger partial charge in [0.25, 0.3) is 0 Å². The molecule has 0 amide bonds. The molecule has 3 rings (SSSR count). The van der Waals surface area contributed by atoms with Crippen molar-refractivity contribution in [2.24, 2.45) is 0 Å². The summed E-state index contributed by atoms with van der Waals surface area (Å²) in [7, 11) is 0. The highest BCUT2D eigenvalue weighted by Crippen LogP contribution is 2.27. The molecule has 0 saturated heterocycles. The van der Waals surface area contributed by atoms with Crippen molar-refractivity contribution in [3.63, 3.8) is 0 Å². The van der Waals surface area contributed by atoms with Gasteiger partial charge in [-0.25, -0.2) is 4.39 Å². The van der Waals surface area contributed by atoms with Gasteiger partial charge in [0.05, 0.1) is 27.2 Å². The van der Waals surface area contributed by atoms with Crippen LogP contribution in [0.25, 0.3) is 11.0 Å². The van der Waals surface area contributed by atoms with E-state index in [4.69, 9.17) is 12.2 Å². The van der Waals surface area contributed by atoms with Crippen LogP contribution in [-0.2, 0) is 0 Å². The average Bonchev–Trinajstić information content (AvgIpc) is 2.75. The summed E-state index contributed by atoms with van der Waals surface area (Å²) in [6.45, 7) is 2.02. The van der Waals surface area contributed by atoms with Crippen LogP contribution in [0.15, 0.2) is 41.0 Å². The summed E-state index contributed by atoms with van der Waals surface area (Å²) in [5.74, 6) is -0.314. The first-order valence-corrected chi connectivity index (χ1v) is 7.28. The highest BCUT2D eigenvalue weighted by molar-refractivity contribution is 9.10. The van der Waals surface area contributed by atoms with Gasteiger partial charge in [-0.1, -0.05) is 6.07 Å². The molecule has 1 unspecified atom stereocenters. The molecular formula is C14H11BrFN3S. The van der Waals surface area contributed by atoms with Crippen LogP contribution >= 0.6 is 28.1 Å². The van der Waals surface area contributed by atoms with Gasteiger partial charge in [0.15, 0.2) is 4.77 Å². The fraction of sp³-hybridized carbons (Fsp3) is 0.143. The molecule has 0 saturated carbocycles. The molecule has 0 aliphatic carbocycles. The number of imidazole rings is 1. The van der Waals surface area contributed by atoms with Gasteiger partial charge in [0.1, 0.15) is 5.82 Å². The third-order valence-electron chi connectivity index (χ3n) is 3.26. The molecule has 0 aliphatic rings. The Morgan fingerprint density at radius 2 is 2.20 bits per heavy atom. The predicted molar refractivity (Wildman–Crippen MR) is 82.8 cm³/mol. The van der Waals surface area contributed by atoms with Crippen LogP contribution in [0.1, 0.15) is 18.7 Å². The quantitative estimate of drug-likeness (QED) is 0.684. The summed E-state index contributed by atoms with van der Waals surface area (Å²) in [6.07, 6.45) is 1.75. The molecule has 0 bridgehead atoms. The van der Waals surface area contributed by atoms with Crippen LogP contribution in [0.2, 0.25) is 0 Å². The molecule has 0 fully saturated rings. The lowest BCUT2D eigenvalue weighted by Gasteiger charge is -2.14. The fourth-order valence-corrected chi connectivity index (χ4v) is 2.96. The monoisotopic (exact) mass is 351 g/mol.